The second-order valence-corrected chi connectivity index (χ2v) is 8.81. The summed E-state index contributed by atoms with van der Waals surface area (Å²) >= 11 is 0. The van der Waals surface area contributed by atoms with Crippen molar-refractivity contribution < 1.29 is 14.3 Å². The van der Waals surface area contributed by atoms with E-state index in [4.69, 9.17) is 4.74 Å². The number of rotatable bonds is 9. The Kier molecular flexibility index (Phi) is 8.46. The van der Waals surface area contributed by atoms with Crippen molar-refractivity contribution in [1.82, 2.24) is 10.2 Å². The minimum absolute atomic E-state index is 0.0839. The highest BCUT2D eigenvalue weighted by Crippen LogP contribution is 2.37. The smallest absolute Gasteiger partial charge is 0.307 e. The van der Waals surface area contributed by atoms with E-state index in [2.05, 4.69) is 43.4 Å². The van der Waals surface area contributed by atoms with E-state index in [0.29, 0.717) is 6.61 Å². The number of hydrogen-bond acceptors (Lipinski definition) is 4. The van der Waals surface area contributed by atoms with Crippen LogP contribution < -0.4 is 5.32 Å². The van der Waals surface area contributed by atoms with Crippen molar-refractivity contribution >= 4 is 11.9 Å². The van der Waals surface area contributed by atoms with Crippen LogP contribution in [0.5, 0.6) is 0 Å². The highest BCUT2D eigenvalue weighted by atomic mass is 16.5. The molecule has 0 saturated carbocycles. The maximum absolute atomic E-state index is 13.0. The molecule has 172 valence electrons. The van der Waals surface area contributed by atoms with Crippen molar-refractivity contribution in [1.29, 1.82) is 0 Å². The number of hydrogen-bond donors (Lipinski definition) is 1. The Labute approximate surface area is 192 Å². The Morgan fingerprint density at radius 2 is 1.69 bits per heavy atom. The normalized spacial score (nSPS) is 16.4. The van der Waals surface area contributed by atoms with Gasteiger partial charge in [-0.05, 0) is 48.3 Å². The van der Waals surface area contributed by atoms with E-state index in [9.17, 15) is 9.59 Å². The van der Waals surface area contributed by atoms with E-state index < -0.39 is 0 Å². The molecule has 32 heavy (non-hydrogen) atoms. The molecule has 5 nitrogen and oxygen atoms in total. The molecule has 1 unspecified atom stereocenters. The summed E-state index contributed by atoms with van der Waals surface area (Å²) in [4.78, 5) is 27.0. The standard InChI is InChI=1S/C27H36N2O3/c1-4-21-11-9-10-14-23(21)27(3)15-17-29(18-16-27)25(30)20-28-24(19-26(31)32-5-2)22-12-7-6-8-13-22/h6-14,24,28H,4-5,15-20H2,1-3H3. The number of esters is 1. The fraction of sp³-hybridized carbons (Fsp3) is 0.481. The molecule has 1 amide bonds. The van der Waals surface area contributed by atoms with Crippen molar-refractivity contribution in [3.8, 4) is 0 Å². The van der Waals surface area contributed by atoms with Gasteiger partial charge in [-0.15, -0.1) is 0 Å². The molecule has 2 aromatic rings. The van der Waals surface area contributed by atoms with Crippen LogP contribution in [0.2, 0.25) is 0 Å². The van der Waals surface area contributed by atoms with Gasteiger partial charge in [-0.3, -0.25) is 9.59 Å². The molecule has 1 aliphatic rings. The zero-order valence-corrected chi connectivity index (χ0v) is 19.6. The molecule has 0 radical (unpaired) electrons. The van der Waals surface area contributed by atoms with Gasteiger partial charge < -0.3 is 15.0 Å². The van der Waals surface area contributed by atoms with Gasteiger partial charge in [-0.1, -0.05) is 68.4 Å². The van der Waals surface area contributed by atoms with Gasteiger partial charge in [0, 0.05) is 19.1 Å². The monoisotopic (exact) mass is 436 g/mol. The van der Waals surface area contributed by atoms with Crippen molar-refractivity contribution in [3.05, 3.63) is 71.3 Å². The molecule has 1 fully saturated rings. The lowest BCUT2D eigenvalue weighted by Crippen LogP contribution is -2.47. The van der Waals surface area contributed by atoms with Crippen molar-refractivity contribution in [2.45, 2.75) is 57.9 Å². The maximum Gasteiger partial charge on any atom is 0.307 e. The van der Waals surface area contributed by atoms with Crippen LogP contribution in [-0.2, 0) is 26.2 Å². The predicted molar refractivity (Wildman–Crippen MR) is 127 cm³/mol. The van der Waals surface area contributed by atoms with Gasteiger partial charge in [0.15, 0.2) is 0 Å². The Morgan fingerprint density at radius 3 is 2.34 bits per heavy atom. The lowest BCUT2D eigenvalue weighted by molar-refractivity contribution is -0.144. The number of amides is 1. The summed E-state index contributed by atoms with van der Waals surface area (Å²) in [6.45, 7) is 8.40. The lowest BCUT2D eigenvalue weighted by Gasteiger charge is -2.41. The highest BCUT2D eigenvalue weighted by Gasteiger charge is 2.34. The molecular formula is C27H36N2O3. The van der Waals surface area contributed by atoms with E-state index >= 15 is 0 Å². The van der Waals surface area contributed by atoms with Gasteiger partial charge in [0.2, 0.25) is 5.91 Å². The number of likely N-dealkylation sites (tertiary alicyclic amines) is 1. The lowest BCUT2D eigenvalue weighted by atomic mass is 9.72. The summed E-state index contributed by atoms with van der Waals surface area (Å²) in [5.41, 5.74) is 3.91. The number of benzene rings is 2. The first-order chi connectivity index (χ1) is 15.5. The molecule has 1 aliphatic heterocycles. The molecule has 1 atom stereocenters. The highest BCUT2D eigenvalue weighted by molar-refractivity contribution is 5.78. The van der Waals surface area contributed by atoms with Gasteiger partial charge in [0.1, 0.15) is 0 Å². The van der Waals surface area contributed by atoms with E-state index in [0.717, 1.165) is 37.9 Å². The topological polar surface area (TPSA) is 58.6 Å². The summed E-state index contributed by atoms with van der Waals surface area (Å²) in [5, 5.41) is 3.30. The van der Waals surface area contributed by atoms with Gasteiger partial charge >= 0.3 is 5.97 Å². The molecule has 5 heteroatoms. The molecule has 1 heterocycles. The molecular weight excluding hydrogens is 400 g/mol. The quantitative estimate of drug-likeness (QED) is 0.592. The third-order valence-electron chi connectivity index (χ3n) is 6.65. The third kappa shape index (κ3) is 5.98. The van der Waals surface area contributed by atoms with Crippen molar-refractivity contribution in [2.24, 2.45) is 0 Å². The van der Waals surface area contributed by atoms with Crippen LogP contribution in [0.15, 0.2) is 54.6 Å². The Hall–Kier alpha value is -2.66. The number of carbonyl (C=O) groups is 2. The van der Waals surface area contributed by atoms with Crippen molar-refractivity contribution in [2.75, 3.05) is 26.2 Å². The fourth-order valence-electron chi connectivity index (χ4n) is 4.64. The number of piperidine rings is 1. The molecule has 0 bridgehead atoms. The van der Waals surface area contributed by atoms with E-state index in [1.165, 1.54) is 11.1 Å². The zero-order chi connectivity index (χ0) is 23.0. The van der Waals surface area contributed by atoms with Crippen LogP contribution in [0.25, 0.3) is 0 Å². The minimum Gasteiger partial charge on any atom is -0.466 e. The SMILES string of the molecule is CCOC(=O)CC(NCC(=O)N1CCC(C)(c2ccccc2CC)CC1)c1ccccc1. The molecule has 2 aromatic carbocycles. The average Bonchev–Trinajstić information content (AvgIpc) is 2.82. The molecule has 0 aliphatic carbocycles. The number of carbonyl (C=O) groups excluding carboxylic acids is 2. The molecule has 1 N–H and O–H groups in total. The van der Waals surface area contributed by atoms with Crippen LogP contribution in [-0.4, -0.2) is 43.0 Å². The largest absolute Gasteiger partial charge is 0.466 e. The number of ether oxygens (including phenoxy) is 1. The van der Waals surface area contributed by atoms with Gasteiger partial charge in [-0.25, -0.2) is 0 Å². The average molecular weight is 437 g/mol. The second kappa shape index (κ2) is 11.3. The van der Waals surface area contributed by atoms with Crippen LogP contribution in [0.4, 0.5) is 0 Å². The first-order valence-corrected chi connectivity index (χ1v) is 11.8. The molecule has 1 saturated heterocycles. The Balaban J connectivity index is 1.59. The first kappa shape index (κ1) is 24.0. The third-order valence-corrected chi connectivity index (χ3v) is 6.65. The van der Waals surface area contributed by atoms with Gasteiger partial charge in [0.05, 0.1) is 19.6 Å². The number of aryl methyl sites for hydroxylation is 1. The second-order valence-electron chi connectivity index (χ2n) is 8.81. The van der Waals surface area contributed by atoms with Gasteiger partial charge in [0.25, 0.3) is 0 Å². The van der Waals surface area contributed by atoms with Crippen LogP contribution >= 0.6 is 0 Å². The predicted octanol–water partition coefficient (Wildman–Crippen LogP) is 4.41. The van der Waals surface area contributed by atoms with Crippen LogP contribution in [0.3, 0.4) is 0 Å². The summed E-state index contributed by atoms with van der Waals surface area (Å²) in [6.07, 6.45) is 3.15. The number of nitrogens with one attached hydrogen (secondary N) is 1. The van der Waals surface area contributed by atoms with Gasteiger partial charge in [-0.2, -0.15) is 0 Å². The first-order valence-electron chi connectivity index (χ1n) is 11.8. The Bertz CT molecular complexity index is 889. The molecule has 3 rings (SSSR count). The van der Waals surface area contributed by atoms with Crippen LogP contribution in [0, 0.1) is 0 Å². The van der Waals surface area contributed by atoms with Crippen molar-refractivity contribution in [3.63, 3.8) is 0 Å². The fourth-order valence-corrected chi connectivity index (χ4v) is 4.64. The van der Waals surface area contributed by atoms with Crippen LogP contribution in [0.1, 0.15) is 62.8 Å². The number of nitrogens with zero attached hydrogens (tertiary/aromatic N) is 1. The van der Waals surface area contributed by atoms with E-state index in [1.807, 2.05) is 35.2 Å². The van der Waals surface area contributed by atoms with E-state index in [-0.39, 0.29) is 36.3 Å². The molecule has 0 aromatic heterocycles. The zero-order valence-electron chi connectivity index (χ0n) is 19.6. The Morgan fingerprint density at radius 1 is 1.03 bits per heavy atom. The summed E-state index contributed by atoms with van der Waals surface area (Å²) < 4.78 is 5.13. The maximum atomic E-state index is 13.0. The summed E-state index contributed by atoms with van der Waals surface area (Å²) in [5.74, 6) is -0.176. The summed E-state index contributed by atoms with van der Waals surface area (Å²) in [6, 6.07) is 18.2. The molecule has 0 spiro atoms. The minimum atomic E-state index is -0.260. The summed E-state index contributed by atoms with van der Waals surface area (Å²) in [7, 11) is 0. The van der Waals surface area contributed by atoms with E-state index in [1.54, 1.807) is 6.92 Å².